The summed E-state index contributed by atoms with van der Waals surface area (Å²) in [5, 5.41) is 0. The van der Waals surface area contributed by atoms with Gasteiger partial charge in [-0.15, -0.1) is 0 Å². The minimum Gasteiger partial charge on any atom is -0.377 e. The lowest BCUT2D eigenvalue weighted by atomic mass is 10.0. The highest BCUT2D eigenvalue weighted by Crippen LogP contribution is 2.26. The Morgan fingerprint density at radius 2 is 1.81 bits per heavy atom. The van der Waals surface area contributed by atoms with Crippen molar-refractivity contribution in [3.05, 3.63) is 0 Å². The lowest BCUT2D eigenvalue weighted by Gasteiger charge is -2.42. The molecule has 21 heavy (non-hydrogen) atoms. The predicted octanol–water partition coefficient (Wildman–Crippen LogP) is 0.373. The molecule has 0 unspecified atom stereocenters. The van der Waals surface area contributed by atoms with Crippen molar-refractivity contribution in [1.82, 2.24) is 15.0 Å². The third-order valence-corrected chi connectivity index (χ3v) is 4.02. The maximum absolute atomic E-state index is 5.56. The number of rotatable bonds is 3. The number of nitrogens with two attached hydrogens (primary N) is 1. The van der Waals surface area contributed by atoms with Crippen LogP contribution in [0.15, 0.2) is 0 Å². The van der Waals surface area contributed by atoms with Gasteiger partial charge in [0, 0.05) is 19.6 Å². The molecule has 1 aromatic rings. The molecule has 2 saturated heterocycles. The monoisotopic (exact) mass is 293 g/mol. The van der Waals surface area contributed by atoms with Crippen molar-refractivity contribution < 1.29 is 4.74 Å². The number of hydrogen-bond acceptors (Lipinski definition) is 8. The van der Waals surface area contributed by atoms with E-state index < -0.39 is 0 Å². The van der Waals surface area contributed by atoms with Crippen LogP contribution in [0.1, 0.15) is 26.7 Å². The minimum absolute atomic E-state index is 0.145. The van der Waals surface area contributed by atoms with E-state index in [1.54, 1.807) is 0 Å². The van der Waals surface area contributed by atoms with Gasteiger partial charge in [-0.05, 0) is 26.7 Å². The van der Waals surface area contributed by atoms with E-state index in [-0.39, 0.29) is 5.54 Å². The molecule has 3 heterocycles. The molecule has 2 fully saturated rings. The number of nitrogen functional groups attached to an aromatic ring is 1. The van der Waals surface area contributed by atoms with Crippen molar-refractivity contribution in [1.29, 1.82) is 0 Å². The Hall–Kier alpha value is -1.67. The molecular formula is C13H23N7O. The summed E-state index contributed by atoms with van der Waals surface area (Å²) in [6.45, 7) is 8.32. The van der Waals surface area contributed by atoms with E-state index in [1.165, 1.54) is 12.8 Å². The van der Waals surface area contributed by atoms with Gasteiger partial charge >= 0.3 is 0 Å². The maximum Gasteiger partial charge on any atom is 0.243 e. The molecule has 8 heteroatoms. The molecular weight excluding hydrogens is 270 g/mol. The smallest absolute Gasteiger partial charge is 0.243 e. The van der Waals surface area contributed by atoms with Crippen molar-refractivity contribution in [2.24, 2.45) is 5.84 Å². The van der Waals surface area contributed by atoms with Crippen LogP contribution in [0.5, 0.6) is 0 Å². The summed E-state index contributed by atoms with van der Waals surface area (Å²) in [5.74, 6) is 7.29. The summed E-state index contributed by atoms with van der Waals surface area (Å²) in [7, 11) is 0. The first kappa shape index (κ1) is 14.3. The Balaban J connectivity index is 1.95. The van der Waals surface area contributed by atoms with Gasteiger partial charge in [-0.1, -0.05) is 0 Å². The first-order valence-corrected chi connectivity index (χ1v) is 7.43. The third-order valence-electron chi connectivity index (χ3n) is 4.02. The Kier molecular flexibility index (Phi) is 3.81. The molecule has 0 spiro atoms. The molecule has 0 atom stereocenters. The van der Waals surface area contributed by atoms with Crippen LogP contribution in [0.4, 0.5) is 17.8 Å². The van der Waals surface area contributed by atoms with E-state index in [0.717, 1.165) is 19.6 Å². The van der Waals surface area contributed by atoms with Gasteiger partial charge < -0.3 is 14.5 Å². The Morgan fingerprint density at radius 1 is 1.10 bits per heavy atom. The van der Waals surface area contributed by atoms with Crippen molar-refractivity contribution in [2.45, 2.75) is 32.2 Å². The van der Waals surface area contributed by atoms with Crippen LogP contribution in [0.2, 0.25) is 0 Å². The van der Waals surface area contributed by atoms with Crippen LogP contribution in [-0.4, -0.2) is 53.3 Å². The lowest BCUT2D eigenvalue weighted by molar-refractivity contribution is 0.0634. The largest absolute Gasteiger partial charge is 0.377 e. The average molecular weight is 293 g/mol. The fourth-order valence-corrected chi connectivity index (χ4v) is 2.83. The van der Waals surface area contributed by atoms with Gasteiger partial charge in [0.25, 0.3) is 0 Å². The Labute approximate surface area is 124 Å². The van der Waals surface area contributed by atoms with E-state index >= 15 is 0 Å². The Morgan fingerprint density at radius 3 is 2.48 bits per heavy atom. The van der Waals surface area contributed by atoms with Crippen LogP contribution in [0.25, 0.3) is 0 Å². The van der Waals surface area contributed by atoms with Gasteiger partial charge in [-0.2, -0.15) is 15.0 Å². The average Bonchev–Trinajstić information content (AvgIpc) is 3.00. The second-order valence-electron chi connectivity index (χ2n) is 6.11. The SMILES string of the molecule is CC1(C)COCCN1c1nc(NN)nc(N2CCCC2)n1. The van der Waals surface area contributed by atoms with Crippen molar-refractivity contribution in [2.75, 3.05) is 48.1 Å². The molecule has 0 amide bonds. The quantitative estimate of drug-likeness (QED) is 0.610. The molecule has 0 aromatic carbocycles. The number of aromatic nitrogens is 3. The highest BCUT2D eigenvalue weighted by atomic mass is 16.5. The molecule has 1 aromatic heterocycles. The number of hydrogen-bond donors (Lipinski definition) is 2. The fraction of sp³-hybridized carbons (Fsp3) is 0.769. The van der Waals surface area contributed by atoms with E-state index in [2.05, 4.69) is 44.0 Å². The van der Waals surface area contributed by atoms with Gasteiger partial charge in [0.05, 0.1) is 18.8 Å². The third kappa shape index (κ3) is 2.86. The molecule has 3 N–H and O–H groups in total. The van der Waals surface area contributed by atoms with Crippen molar-refractivity contribution in [3.8, 4) is 0 Å². The summed E-state index contributed by atoms with van der Waals surface area (Å²) in [6.07, 6.45) is 2.35. The minimum atomic E-state index is -0.145. The van der Waals surface area contributed by atoms with E-state index in [1.807, 2.05) is 0 Å². The maximum atomic E-state index is 5.56. The number of nitrogens with one attached hydrogen (secondary N) is 1. The highest BCUT2D eigenvalue weighted by Gasteiger charge is 2.33. The molecule has 0 bridgehead atoms. The molecule has 0 radical (unpaired) electrons. The highest BCUT2D eigenvalue weighted by molar-refractivity contribution is 5.47. The molecule has 116 valence electrons. The van der Waals surface area contributed by atoms with Crippen LogP contribution in [0, 0.1) is 0 Å². The fourth-order valence-electron chi connectivity index (χ4n) is 2.83. The second kappa shape index (κ2) is 5.61. The van der Waals surface area contributed by atoms with Gasteiger partial charge in [-0.3, -0.25) is 5.43 Å². The van der Waals surface area contributed by atoms with Crippen LogP contribution in [0.3, 0.4) is 0 Å². The number of morpholine rings is 1. The zero-order valence-electron chi connectivity index (χ0n) is 12.7. The van der Waals surface area contributed by atoms with E-state index in [4.69, 9.17) is 10.6 Å². The molecule has 0 saturated carbocycles. The first-order chi connectivity index (χ1) is 10.1. The number of anilines is 3. The predicted molar refractivity (Wildman–Crippen MR) is 81.3 cm³/mol. The van der Waals surface area contributed by atoms with Gasteiger partial charge in [0.2, 0.25) is 17.8 Å². The first-order valence-electron chi connectivity index (χ1n) is 7.43. The normalized spacial score (nSPS) is 21.7. The topological polar surface area (TPSA) is 92.4 Å². The Bertz CT molecular complexity index is 501. The van der Waals surface area contributed by atoms with Crippen LogP contribution in [-0.2, 0) is 4.74 Å². The summed E-state index contributed by atoms with van der Waals surface area (Å²) >= 11 is 0. The van der Waals surface area contributed by atoms with Gasteiger partial charge in [0.1, 0.15) is 0 Å². The standard InChI is InChI=1S/C13H23N7O/c1-13(2)9-21-8-7-20(13)12-16-10(18-14)15-11(17-12)19-5-3-4-6-19/h3-9,14H2,1-2H3,(H,15,16,17,18). The molecule has 2 aliphatic rings. The second-order valence-corrected chi connectivity index (χ2v) is 6.11. The molecule has 0 aliphatic carbocycles. The van der Waals surface area contributed by atoms with Gasteiger partial charge in [0.15, 0.2) is 0 Å². The summed E-state index contributed by atoms with van der Waals surface area (Å²) < 4.78 is 5.56. The summed E-state index contributed by atoms with van der Waals surface area (Å²) in [6, 6.07) is 0. The molecule has 8 nitrogen and oxygen atoms in total. The van der Waals surface area contributed by atoms with Gasteiger partial charge in [-0.25, -0.2) is 5.84 Å². The zero-order chi connectivity index (χ0) is 14.9. The van der Waals surface area contributed by atoms with Crippen LogP contribution >= 0.6 is 0 Å². The zero-order valence-corrected chi connectivity index (χ0v) is 12.7. The van der Waals surface area contributed by atoms with E-state index in [9.17, 15) is 0 Å². The van der Waals surface area contributed by atoms with Crippen molar-refractivity contribution in [3.63, 3.8) is 0 Å². The van der Waals surface area contributed by atoms with E-state index in [0.29, 0.717) is 31.1 Å². The van der Waals surface area contributed by atoms with Crippen LogP contribution < -0.4 is 21.1 Å². The van der Waals surface area contributed by atoms with Crippen molar-refractivity contribution >= 4 is 17.8 Å². The number of nitrogens with zero attached hydrogens (tertiary/aromatic N) is 5. The summed E-state index contributed by atoms with van der Waals surface area (Å²) in [4.78, 5) is 17.8. The number of ether oxygens (including phenoxy) is 1. The number of hydrazine groups is 1. The molecule has 3 rings (SSSR count). The molecule has 2 aliphatic heterocycles. The lowest BCUT2D eigenvalue weighted by Crippen LogP contribution is -2.54. The summed E-state index contributed by atoms with van der Waals surface area (Å²) in [5.41, 5.74) is 2.41.